The molecule has 0 aromatic heterocycles. The fourth-order valence-corrected chi connectivity index (χ4v) is 6.53. The van der Waals surface area contributed by atoms with Gasteiger partial charge in [-0.3, -0.25) is 4.79 Å². The molecule has 1 rings (SSSR count). The molecule has 0 saturated carbocycles. The SMILES string of the molecule is CCCCC/C=C/CC/C=C/CC/C=C/C(O)C(COC1OC(CO)C(O)C(O)C1O)NC(=O)CCCCCCCCC/C=C\CCCCCCCCC. The summed E-state index contributed by atoms with van der Waals surface area (Å²) in [5, 5.41) is 54.0. The van der Waals surface area contributed by atoms with Crippen LogP contribution in [0.15, 0.2) is 48.6 Å². The Morgan fingerprint density at radius 3 is 1.59 bits per heavy atom. The van der Waals surface area contributed by atoms with Crippen molar-refractivity contribution in [1.82, 2.24) is 5.32 Å². The maximum atomic E-state index is 12.9. The van der Waals surface area contributed by atoms with Crippen LogP contribution < -0.4 is 5.32 Å². The van der Waals surface area contributed by atoms with Crippen LogP contribution in [0.4, 0.5) is 0 Å². The molecule has 0 bridgehead atoms. The Balaban J connectivity index is 2.40. The van der Waals surface area contributed by atoms with E-state index >= 15 is 0 Å². The number of carbonyl (C=O) groups excluding carboxylic acids is 1. The lowest BCUT2D eigenvalue weighted by molar-refractivity contribution is -0.302. The number of ether oxygens (including phenoxy) is 2. The van der Waals surface area contributed by atoms with Crippen molar-refractivity contribution in [3.05, 3.63) is 48.6 Å². The van der Waals surface area contributed by atoms with Gasteiger partial charge in [0.1, 0.15) is 24.4 Å². The van der Waals surface area contributed by atoms with E-state index < -0.39 is 49.5 Å². The number of rotatable bonds is 35. The molecular weight excluding hydrogens is 682 g/mol. The minimum absolute atomic E-state index is 0.199. The average molecular weight is 764 g/mol. The lowest BCUT2D eigenvalue weighted by atomic mass is 9.99. The minimum Gasteiger partial charge on any atom is -0.394 e. The summed E-state index contributed by atoms with van der Waals surface area (Å²) in [5.74, 6) is -0.199. The van der Waals surface area contributed by atoms with Crippen molar-refractivity contribution in [2.75, 3.05) is 13.2 Å². The summed E-state index contributed by atoms with van der Waals surface area (Å²) in [6, 6.07) is -0.828. The third-order valence-corrected chi connectivity index (χ3v) is 10.1. The predicted molar refractivity (Wildman–Crippen MR) is 221 cm³/mol. The minimum atomic E-state index is -1.57. The normalized spacial score (nSPS) is 21.9. The zero-order valence-corrected chi connectivity index (χ0v) is 34.2. The van der Waals surface area contributed by atoms with E-state index in [9.17, 15) is 30.3 Å². The summed E-state index contributed by atoms with van der Waals surface area (Å²) in [6.45, 7) is 3.69. The van der Waals surface area contributed by atoms with Crippen LogP contribution in [-0.2, 0) is 14.3 Å². The number of allylic oxidation sites excluding steroid dienone is 7. The fourth-order valence-electron chi connectivity index (χ4n) is 6.53. The van der Waals surface area contributed by atoms with E-state index in [4.69, 9.17) is 9.47 Å². The Bertz CT molecular complexity index is 983. The standard InChI is InChI=1S/C45H81NO8/c1-3-5-7-9-11-13-15-17-18-19-20-21-23-25-27-29-31-33-35-41(49)46-38(37-53-45-44(52)43(51)42(50)40(36-47)54-45)39(48)34-32-30-28-26-24-22-16-14-12-10-8-6-4-2/h12,14,18-19,24,26,32,34,38-40,42-45,47-48,50-52H,3-11,13,15-17,20-23,25,27-31,33,35-37H2,1-2H3,(H,46,49)/b14-12+,19-18-,26-24+,34-32+. The number of amides is 1. The number of carbonyl (C=O) groups is 1. The largest absolute Gasteiger partial charge is 0.394 e. The number of hydrogen-bond acceptors (Lipinski definition) is 8. The first-order valence-corrected chi connectivity index (χ1v) is 21.9. The van der Waals surface area contributed by atoms with E-state index in [1.54, 1.807) is 6.08 Å². The first-order chi connectivity index (χ1) is 26.3. The van der Waals surface area contributed by atoms with Gasteiger partial charge in [-0.25, -0.2) is 0 Å². The van der Waals surface area contributed by atoms with Gasteiger partial charge < -0.3 is 40.3 Å². The second-order valence-corrected chi connectivity index (χ2v) is 15.1. The molecule has 0 aliphatic carbocycles. The molecule has 1 aliphatic rings. The highest BCUT2D eigenvalue weighted by atomic mass is 16.7. The van der Waals surface area contributed by atoms with Crippen molar-refractivity contribution in [2.24, 2.45) is 0 Å². The Kier molecular flexibility index (Phi) is 33.0. The third-order valence-electron chi connectivity index (χ3n) is 10.1. The van der Waals surface area contributed by atoms with Gasteiger partial charge in [-0.05, 0) is 70.6 Å². The van der Waals surface area contributed by atoms with Gasteiger partial charge in [-0.1, -0.05) is 146 Å². The van der Waals surface area contributed by atoms with Gasteiger partial charge in [0.15, 0.2) is 6.29 Å². The summed E-state index contributed by atoms with van der Waals surface area (Å²) in [5.41, 5.74) is 0. The van der Waals surface area contributed by atoms with Crippen molar-refractivity contribution < 1.29 is 39.8 Å². The molecule has 1 fully saturated rings. The number of hydrogen-bond donors (Lipinski definition) is 6. The molecule has 54 heavy (non-hydrogen) atoms. The number of nitrogens with one attached hydrogen (secondary N) is 1. The summed E-state index contributed by atoms with van der Waals surface area (Å²) in [6.07, 6.45) is 37.2. The van der Waals surface area contributed by atoms with Gasteiger partial charge in [0, 0.05) is 6.42 Å². The molecule has 9 heteroatoms. The van der Waals surface area contributed by atoms with Crippen LogP contribution in [0.5, 0.6) is 0 Å². The van der Waals surface area contributed by atoms with E-state index in [0.717, 1.165) is 64.2 Å². The maximum Gasteiger partial charge on any atom is 0.220 e. The Morgan fingerprint density at radius 1 is 0.611 bits per heavy atom. The smallest absolute Gasteiger partial charge is 0.220 e. The zero-order valence-electron chi connectivity index (χ0n) is 34.2. The van der Waals surface area contributed by atoms with Crippen molar-refractivity contribution in [3.63, 3.8) is 0 Å². The van der Waals surface area contributed by atoms with Crippen LogP contribution >= 0.6 is 0 Å². The monoisotopic (exact) mass is 764 g/mol. The summed E-state index contributed by atoms with van der Waals surface area (Å²) < 4.78 is 11.2. The zero-order chi connectivity index (χ0) is 39.5. The molecule has 6 N–H and O–H groups in total. The number of aliphatic hydroxyl groups excluding tert-OH is 5. The summed E-state index contributed by atoms with van der Waals surface area (Å²) >= 11 is 0. The molecule has 7 atom stereocenters. The van der Waals surface area contributed by atoms with Crippen LogP contribution in [0.1, 0.15) is 174 Å². The van der Waals surface area contributed by atoms with Crippen molar-refractivity contribution in [1.29, 1.82) is 0 Å². The highest BCUT2D eigenvalue weighted by molar-refractivity contribution is 5.76. The Hall–Kier alpha value is -1.85. The topological polar surface area (TPSA) is 149 Å². The van der Waals surface area contributed by atoms with Gasteiger partial charge in [-0.2, -0.15) is 0 Å². The van der Waals surface area contributed by atoms with Crippen LogP contribution in [-0.4, -0.2) is 87.5 Å². The molecule has 0 spiro atoms. The summed E-state index contributed by atoms with van der Waals surface area (Å²) in [7, 11) is 0. The molecule has 1 amide bonds. The van der Waals surface area contributed by atoms with Crippen LogP contribution in [0, 0.1) is 0 Å². The third kappa shape index (κ3) is 26.1. The molecule has 7 unspecified atom stereocenters. The molecule has 9 nitrogen and oxygen atoms in total. The second kappa shape index (κ2) is 35.6. The van der Waals surface area contributed by atoms with Gasteiger partial charge in [0.05, 0.1) is 25.4 Å². The molecule has 314 valence electrons. The molecule has 0 aromatic carbocycles. The van der Waals surface area contributed by atoms with Crippen molar-refractivity contribution >= 4 is 5.91 Å². The van der Waals surface area contributed by atoms with Gasteiger partial charge in [0.2, 0.25) is 5.91 Å². The van der Waals surface area contributed by atoms with E-state index in [-0.39, 0.29) is 12.5 Å². The highest BCUT2D eigenvalue weighted by Gasteiger charge is 2.44. The molecule has 1 saturated heterocycles. The first-order valence-electron chi connectivity index (χ1n) is 21.9. The molecule has 1 heterocycles. The van der Waals surface area contributed by atoms with Crippen molar-refractivity contribution in [3.8, 4) is 0 Å². The lowest BCUT2D eigenvalue weighted by Gasteiger charge is -2.40. The Labute approximate surface area is 329 Å². The number of unbranched alkanes of at least 4 members (excludes halogenated alkanes) is 19. The van der Waals surface area contributed by atoms with Gasteiger partial charge >= 0.3 is 0 Å². The van der Waals surface area contributed by atoms with Crippen LogP contribution in [0.2, 0.25) is 0 Å². The quantitative estimate of drug-likeness (QED) is 0.0278. The van der Waals surface area contributed by atoms with E-state index in [1.807, 2.05) is 6.08 Å². The first kappa shape index (κ1) is 50.2. The lowest BCUT2D eigenvalue weighted by Crippen LogP contribution is -2.60. The molecule has 1 aliphatic heterocycles. The van der Waals surface area contributed by atoms with Crippen LogP contribution in [0.25, 0.3) is 0 Å². The van der Waals surface area contributed by atoms with Gasteiger partial charge in [-0.15, -0.1) is 0 Å². The van der Waals surface area contributed by atoms with E-state index in [0.29, 0.717) is 6.42 Å². The Morgan fingerprint density at radius 2 is 1.06 bits per heavy atom. The number of aliphatic hydroxyl groups is 5. The fraction of sp³-hybridized carbons (Fsp3) is 0.800. The van der Waals surface area contributed by atoms with E-state index in [2.05, 4.69) is 55.6 Å². The molecule has 0 aromatic rings. The van der Waals surface area contributed by atoms with Crippen molar-refractivity contribution in [2.45, 2.75) is 217 Å². The highest BCUT2D eigenvalue weighted by Crippen LogP contribution is 2.22. The second-order valence-electron chi connectivity index (χ2n) is 15.1. The molecular formula is C45H81NO8. The van der Waals surface area contributed by atoms with E-state index in [1.165, 1.54) is 89.9 Å². The summed E-state index contributed by atoms with van der Waals surface area (Å²) in [4.78, 5) is 12.9. The maximum absolute atomic E-state index is 12.9. The van der Waals surface area contributed by atoms with Gasteiger partial charge in [0.25, 0.3) is 0 Å². The average Bonchev–Trinajstić information content (AvgIpc) is 3.17. The molecule has 0 radical (unpaired) electrons. The van der Waals surface area contributed by atoms with Crippen LogP contribution in [0.3, 0.4) is 0 Å². The predicted octanol–water partition coefficient (Wildman–Crippen LogP) is 8.67.